The van der Waals surface area contributed by atoms with Crippen LogP contribution in [0.5, 0.6) is 0 Å². The molecular formula is C13H11NOS. The smallest absolute Gasteiger partial charge is 0.195 e. The topological polar surface area (TPSA) is 32.9 Å². The van der Waals surface area contributed by atoms with E-state index in [1.54, 1.807) is 18.3 Å². The Morgan fingerprint density at radius 2 is 1.88 bits per heavy atom. The van der Waals surface area contributed by atoms with Gasteiger partial charge in [-0.05, 0) is 19.1 Å². The molecule has 2 rings (SSSR count). The Kier molecular flexibility index (Phi) is 2.97. The monoisotopic (exact) mass is 229 g/mol. The standard InChI is InChI=1S/C13H11NOS/c1-9-4-6-10(7-5-9)12(15)11-3-2-8-14-13(11)16/h2-8H,1H3,(H,14,16). The van der Waals surface area contributed by atoms with Crippen molar-refractivity contribution in [1.82, 2.24) is 4.98 Å². The number of carbonyl (C=O) groups is 1. The minimum absolute atomic E-state index is 0.0400. The number of nitrogens with one attached hydrogen (secondary N) is 1. The van der Waals surface area contributed by atoms with E-state index in [1.165, 1.54) is 0 Å². The Labute approximate surface area is 99.0 Å². The maximum Gasteiger partial charge on any atom is 0.195 e. The molecule has 0 atom stereocenters. The van der Waals surface area contributed by atoms with Crippen LogP contribution in [-0.2, 0) is 0 Å². The van der Waals surface area contributed by atoms with Crippen molar-refractivity contribution >= 4 is 18.0 Å². The lowest BCUT2D eigenvalue weighted by atomic mass is 10.0. The van der Waals surface area contributed by atoms with E-state index < -0.39 is 0 Å². The molecule has 0 aliphatic rings. The molecule has 0 aliphatic carbocycles. The summed E-state index contributed by atoms with van der Waals surface area (Å²) in [7, 11) is 0. The second kappa shape index (κ2) is 4.41. The number of carbonyl (C=O) groups excluding carboxylic acids is 1. The van der Waals surface area contributed by atoms with Gasteiger partial charge in [-0.15, -0.1) is 0 Å². The van der Waals surface area contributed by atoms with Crippen molar-refractivity contribution < 1.29 is 4.79 Å². The maximum absolute atomic E-state index is 12.1. The number of pyridine rings is 1. The summed E-state index contributed by atoms with van der Waals surface area (Å²) in [5.41, 5.74) is 2.34. The third kappa shape index (κ3) is 2.09. The highest BCUT2D eigenvalue weighted by atomic mass is 32.1. The quantitative estimate of drug-likeness (QED) is 0.633. The lowest BCUT2D eigenvalue weighted by Gasteiger charge is -2.01. The summed E-state index contributed by atoms with van der Waals surface area (Å²) in [4.78, 5) is 14.9. The Balaban J connectivity index is 2.44. The summed E-state index contributed by atoms with van der Waals surface area (Å²) in [6, 6.07) is 11.0. The van der Waals surface area contributed by atoms with Crippen LogP contribution in [0, 0.1) is 11.6 Å². The normalized spacial score (nSPS) is 10.1. The predicted molar refractivity (Wildman–Crippen MR) is 66.2 cm³/mol. The maximum atomic E-state index is 12.1. The van der Waals surface area contributed by atoms with Crippen molar-refractivity contribution in [2.24, 2.45) is 0 Å². The number of aromatic amines is 1. The Hall–Kier alpha value is -1.74. The first kappa shape index (κ1) is 10.8. The van der Waals surface area contributed by atoms with Gasteiger partial charge in [0.25, 0.3) is 0 Å². The number of H-pyrrole nitrogens is 1. The van der Waals surface area contributed by atoms with Gasteiger partial charge in [0, 0.05) is 11.8 Å². The van der Waals surface area contributed by atoms with Crippen LogP contribution >= 0.6 is 12.2 Å². The number of aromatic nitrogens is 1. The minimum atomic E-state index is -0.0400. The molecule has 1 aromatic carbocycles. The van der Waals surface area contributed by atoms with E-state index in [4.69, 9.17) is 12.2 Å². The molecule has 0 saturated carbocycles. The fourth-order valence-corrected chi connectivity index (χ4v) is 1.69. The summed E-state index contributed by atoms with van der Waals surface area (Å²) in [6.07, 6.45) is 1.72. The van der Waals surface area contributed by atoms with Gasteiger partial charge in [-0.1, -0.05) is 42.0 Å². The summed E-state index contributed by atoms with van der Waals surface area (Å²) in [5, 5.41) is 0. The first-order chi connectivity index (χ1) is 7.68. The largest absolute Gasteiger partial charge is 0.352 e. The third-order valence-corrected chi connectivity index (χ3v) is 2.71. The molecule has 2 aromatic rings. The highest BCUT2D eigenvalue weighted by Gasteiger charge is 2.09. The molecule has 2 nitrogen and oxygen atoms in total. The molecule has 3 heteroatoms. The molecule has 0 fully saturated rings. The second-order valence-corrected chi connectivity index (χ2v) is 4.02. The zero-order valence-electron chi connectivity index (χ0n) is 8.86. The molecule has 1 heterocycles. The van der Waals surface area contributed by atoms with Crippen LogP contribution in [0.15, 0.2) is 42.6 Å². The van der Waals surface area contributed by atoms with Crippen LogP contribution in [0.1, 0.15) is 21.5 Å². The number of benzene rings is 1. The molecule has 0 bridgehead atoms. The number of ketones is 1. The van der Waals surface area contributed by atoms with Crippen molar-refractivity contribution in [2.45, 2.75) is 6.92 Å². The first-order valence-corrected chi connectivity index (χ1v) is 5.38. The molecule has 0 amide bonds. The lowest BCUT2D eigenvalue weighted by Crippen LogP contribution is -2.02. The van der Waals surface area contributed by atoms with E-state index >= 15 is 0 Å². The average Bonchev–Trinajstić information content (AvgIpc) is 2.30. The molecule has 80 valence electrons. The van der Waals surface area contributed by atoms with Crippen LogP contribution in [0.3, 0.4) is 0 Å². The molecule has 16 heavy (non-hydrogen) atoms. The molecule has 0 aliphatic heterocycles. The van der Waals surface area contributed by atoms with Gasteiger partial charge in [0.2, 0.25) is 0 Å². The van der Waals surface area contributed by atoms with Crippen molar-refractivity contribution in [3.63, 3.8) is 0 Å². The first-order valence-electron chi connectivity index (χ1n) is 4.97. The molecule has 0 unspecified atom stereocenters. The van der Waals surface area contributed by atoms with E-state index in [2.05, 4.69) is 4.98 Å². The number of hydrogen-bond acceptors (Lipinski definition) is 2. The van der Waals surface area contributed by atoms with Crippen molar-refractivity contribution in [3.05, 3.63) is 63.9 Å². The Bertz CT molecular complexity index is 569. The highest BCUT2D eigenvalue weighted by molar-refractivity contribution is 7.71. The molecular weight excluding hydrogens is 218 g/mol. The third-order valence-electron chi connectivity index (χ3n) is 2.38. The predicted octanol–water partition coefficient (Wildman–Crippen LogP) is 3.28. The Morgan fingerprint density at radius 1 is 1.19 bits per heavy atom. The molecule has 1 N–H and O–H groups in total. The van der Waals surface area contributed by atoms with Gasteiger partial charge < -0.3 is 4.98 Å². The van der Waals surface area contributed by atoms with Crippen LogP contribution in [0.2, 0.25) is 0 Å². The number of hydrogen-bond donors (Lipinski definition) is 1. The van der Waals surface area contributed by atoms with Gasteiger partial charge in [0.05, 0.1) is 5.56 Å². The number of aryl methyl sites for hydroxylation is 1. The second-order valence-electron chi connectivity index (χ2n) is 3.61. The lowest BCUT2D eigenvalue weighted by molar-refractivity contribution is 0.103. The number of rotatable bonds is 2. The van der Waals surface area contributed by atoms with Crippen molar-refractivity contribution in [2.75, 3.05) is 0 Å². The zero-order valence-corrected chi connectivity index (χ0v) is 9.67. The van der Waals surface area contributed by atoms with Crippen molar-refractivity contribution in [1.29, 1.82) is 0 Å². The van der Waals surface area contributed by atoms with Gasteiger partial charge in [-0.3, -0.25) is 4.79 Å². The van der Waals surface area contributed by atoms with E-state index in [0.717, 1.165) is 5.56 Å². The molecule has 0 spiro atoms. The molecule has 1 aromatic heterocycles. The van der Waals surface area contributed by atoms with Gasteiger partial charge in [0.1, 0.15) is 4.64 Å². The van der Waals surface area contributed by atoms with E-state index in [-0.39, 0.29) is 5.78 Å². The van der Waals surface area contributed by atoms with E-state index in [9.17, 15) is 4.79 Å². The van der Waals surface area contributed by atoms with Gasteiger partial charge in [-0.2, -0.15) is 0 Å². The summed E-state index contributed by atoms with van der Waals surface area (Å²) in [6.45, 7) is 1.99. The fraction of sp³-hybridized carbons (Fsp3) is 0.0769. The van der Waals surface area contributed by atoms with E-state index in [1.807, 2.05) is 31.2 Å². The molecule has 0 saturated heterocycles. The SMILES string of the molecule is Cc1ccc(C(=O)c2ccc[nH]c2=S)cc1. The fourth-order valence-electron chi connectivity index (χ4n) is 1.46. The summed E-state index contributed by atoms with van der Waals surface area (Å²) in [5.74, 6) is -0.0400. The van der Waals surface area contributed by atoms with Gasteiger partial charge in [0.15, 0.2) is 5.78 Å². The summed E-state index contributed by atoms with van der Waals surface area (Å²) >= 11 is 5.08. The van der Waals surface area contributed by atoms with Crippen LogP contribution in [0.4, 0.5) is 0 Å². The van der Waals surface area contributed by atoms with Gasteiger partial charge >= 0.3 is 0 Å². The zero-order chi connectivity index (χ0) is 11.5. The van der Waals surface area contributed by atoms with Crippen molar-refractivity contribution in [3.8, 4) is 0 Å². The Morgan fingerprint density at radius 3 is 2.50 bits per heavy atom. The van der Waals surface area contributed by atoms with Crippen LogP contribution < -0.4 is 0 Å². The van der Waals surface area contributed by atoms with Crippen LogP contribution in [0.25, 0.3) is 0 Å². The van der Waals surface area contributed by atoms with Gasteiger partial charge in [-0.25, -0.2) is 0 Å². The molecule has 0 radical (unpaired) electrons. The summed E-state index contributed by atoms with van der Waals surface area (Å²) < 4.78 is 0.480. The van der Waals surface area contributed by atoms with Crippen LogP contribution in [-0.4, -0.2) is 10.8 Å². The minimum Gasteiger partial charge on any atom is -0.352 e. The highest BCUT2D eigenvalue weighted by Crippen LogP contribution is 2.10. The van der Waals surface area contributed by atoms with E-state index in [0.29, 0.717) is 15.8 Å². The average molecular weight is 229 g/mol.